The lowest BCUT2D eigenvalue weighted by Crippen LogP contribution is -2.24. The van der Waals surface area contributed by atoms with E-state index in [4.69, 9.17) is 5.73 Å². The lowest BCUT2D eigenvalue weighted by molar-refractivity contribution is 0.764. The number of nitrogens with zero attached hydrogens (tertiary/aromatic N) is 2. The zero-order chi connectivity index (χ0) is 13.4. The van der Waals surface area contributed by atoms with Gasteiger partial charge in [0.25, 0.3) is 0 Å². The zero-order valence-corrected chi connectivity index (χ0v) is 12.2. The minimum Gasteiger partial charge on any atom is -0.323 e. The lowest BCUT2D eigenvalue weighted by Gasteiger charge is -2.29. The van der Waals surface area contributed by atoms with Crippen LogP contribution in [-0.2, 0) is 6.42 Å². The van der Waals surface area contributed by atoms with E-state index >= 15 is 0 Å². The van der Waals surface area contributed by atoms with Crippen molar-refractivity contribution in [2.24, 2.45) is 5.73 Å². The molecule has 4 heteroatoms. The Morgan fingerprint density at radius 1 is 1.42 bits per heavy atom. The standard InChI is InChI=1S/C15H19N3S/c1-10-5-6-13-12(8-10)4-3-7-18(13)15-17-9-14(19-15)11(2)16/h5-6,8-9,11H,3-4,7,16H2,1-2H3. The summed E-state index contributed by atoms with van der Waals surface area (Å²) in [6, 6.07) is 6.75. The Hall–Kier alpha value is -1.39. The van der Waals surface area contributed by atoms with Crippen LogP contribution >= 0.6 is 11.3 Å². The fourth-order valence-corrected chi connectivity index (χ4v) is 3.44. The molecule has 1 aromatic carbocycles. The smallest absolute Gasteiger partial charge is 0.190 e. The minimum absolute atomic E-state index is 0.0635. The van der Waals surface area contributed by atoms with Crippen LogP contribution in [0.5, 0.6) is 0 Å². The van der Waals surface area contributed by atoms with E-state index in [1.807, 2.05) is 13.1 Å². The van der Waals surface area contributed by atoms with Gasteiger partial charge in [-0.15, -0.1) is 0 Å². The number of hydrogen-bond acceptors (Lipinski definition) is 4. The fourth-order valence-electron chi connectivity index (χ4n) is 2.54. The van der Waals surface area contributed by atoms with Gasteiger partial charge in [0.05, 0.1) is 0 Å². The molecular weight excluding hydrogens is 254 g/mol. The summed E-state index contributed by atoms with van der Waals surface area (Å²) in [5.41, 5.74) is 9.99. The van der Waals surface area contributed by atoms with Crippen molar-refractivity contribution in [3.63, 3.8) is 0 Å². The highest BCUT2D eigenvalue weighted by atomic mass is 32.1. The number of benzene rings is 1. The van der Waals surface area contributed by atoms with Crippen LogP contribution in [0.2, 0.25) is 0 Å². The van der Waals surface area contributed by atoms with Gasteiger partial charge in [-0.05, 0) is 38.3 Å². The molecule has 1 aliphatic rings. The molecule has 1 aliphatic heterocycles. The molecule has 1 aromatic heterocycles. The van der Waals surface area contributed by atoms with E-state index in [0.29, 0.717) is 0 Å². The highest BCUT2D eigenvalue weighted by Crippen LogP contribution is 2.36. The summed E-state index contributed by atoms with van der Waals surface area (Å²) in [5, 5.41) is 1.07. The van der Waals surface area contributed by atoms with Gasteiger partial charge in [-0.3, -0.25) is 0 Å². The number of rotatable bonds is 2. The molecule has 19 heavy (non-hydrogen) atoms. The second kappa shape index (κ2) is 4.94. The normalized spacial score (nSPS) is 16.3. The summed E-state index contributed by atoms with van der Waals surface area (Å²) in [6.07, 6.45) is 4.26. The molecule has 0 aliphatic carbocycles. The maximum absolute atomic E-state index is 5.92. The highest BCUT2D eigenvalue weighted by molar-refractivity contribution is 7.15. The van der Waals surface area contributed by atoms with E-state index in [0.717, 1.165) is 16.6 Å². The van der Waals surface area contributed by atoms with Gasteiger partial charge in [-0.25, -0.2) is 4.98 Å². The molecule has 0 saturated heterocycles. The Kier molecular flexibility index (Phi) is 3.29. The molecule has 3 nitrogen and oxygen atoms in total. The van der Waals surface area contributed by atoms with Crippen molar-refractivity contribution < 1.29 is 0 Å². The second-order valence-electron chi connectivity index (χ2n) is 5.22. The van der Waals surface area contributed by atoms with Gasteiger partial charge in [0.15, 0.2) is 5.13 Å². The number of hydrogen-bond donors (Lipinski definition) is 1. The van der Waals surface area contributed by atoms with Gasteiger partial charge in [0.2, 0.25) is 0 Å². The monoisotopic (exact) mass is 273 g/mol. The summed E-state index contributed by atoms with van der Waals surface area (Å²) < 4.78 is 0. The topological polar surface area (TPSA) is 42.2 Å². The van der Waals surface area contributed by atoms with Crippen molar-refractivity contribution in [2.45, 2.75) is 32.7 Å². The summed E-state index contributed by atoms with van der Waals surface area (Å²) in [4.78, 5) is 8.02. The van der Waals surface area contributed by atoms with Gasteiger partial charge < -0.3 is 10.6 Å². The van der Waals surface area contributed by atoms with E-state index < -0.39 is 0 Å². The summed E-state index contributed by atoms with van der Waals surface area (Å²) in [7, 11) is 0. The first-order chi connectivity index (χ1) is 9.15. The second-order valence-corrected chi connectivity index (χ2v) is 6.26. The molecule has 0 amide bonds. The molecule has 1 unspecified atom stereocenters. The third-order valence-electron chi connectivity index (χ3n) is 3.54. The van der Waals surface area contributed by atoms with E-state index in [-0.39, 0.29) is 6.04 Å². The number of anilines is 2. The predicted octanol–water partition coefficient (Wildman–Crippen LogP) is 3.56. The molecule has 0 spiro atoms. The Balaban J connectivity index is 1.98. The Bertz CT molecular complexity index is 589. The molecule has 3 rings (SSSR count). The zero-order valence-electron chi connectivity index (χ0n) is 11.4. The molecule has 100 valence electrons. The summed E-state index contributed by atoms with van der Waals surface area (Å²) in [6.45, 7) is 5.20. The van der Waals surface area contributed by atoms with Crippen molar-refractivity contribution in [1.29, 1.82) is 0 Å². The van der Waals surface area contributed by atoms with Crippen LogP contribution in [0.1, 0.15) is 35.4 Å². The Morgan fingerprint density at radius 3 is 3.00 bits per heavy atom. The SMILES string of the molecule is Cc1ccc2c(c1)CCCN2c1ncc(C(C)N)s1. The molecule has 0 radical (unpaired) electrons. The van der Waals surface area contributed by atoms with Crippen molar-refractivity contribution in [2.75, 3.05) is 11.4 Å². The first-order valence-electron chi connectivity index (χ1n) is 6.73. The molecule has 0 bridgehead atoms. The van der Waals surface area contributed by atoms with Gasteiger partial charge in [0.1, 0.15) is 0 Å². The first-order valence-corrected chi connectivity index (χ1v) is 7.55. The van der Waals surface area contributed by atoms with E-state index in [9.17, 15) is 0 Å². The van der Waals surface area contributed by atoms with Crippen molar-refractivity contribution in [3.05, 3.63) is 40.4 Å². The van der Waals surface area contributed by atoms with E-state index in [2.05, 4.69) is 35.0 Å². The molecule has 2 heterocycles. The predicted molar refractivity (Wildman–Crippen MR) is 81.2 cm³/mol. The van der Waals surface area contributed by atoms with Crippen LogP contribution in [0.3, 0.4) is 0 Å². The van der Waals surface area contributed by atoms with Crippen LogP contribution in [0.4, 0.5) is 10.8 Å². The average Bonchev–Trinajstić information content (AvgIpc) is 2.87. The third-order valence-corrected chi connectivity index (χ3v) is 4.77. The maximum Gasteiger partial charge on any atom is 0.190 e. The van der Waals surface area contributed by atoms with Crippen molar-refractivity contribution in [1.82, 2.24) is 4.98 Å². The minimum atomic E-state index is 0.0635. The Morgan fingerprint density at radius 2 is 2.26 bits per heavy atom. The van der Waals surface area contributed by atoms with Gasteiger partial charge in [-0.1, -0.05) is 29.0 Å². The van der Waals surface area contributed by atoms with Crippen LogP contribution < -0.4 is 10.6 Å². The van der Waals surface area contributed by atoms with Gasteiger partial charge in [-0.2, -0.15) is 0 Å². The molecule has 1 atom stereocenters. The molecule has 0 saturated carbocycles. The van der Waals surface area contributed by atoms with E-state index in [1.54, 1.807) is 11.3 Å². The van der Waals surface area contributed by atoms with Crippen LogP contribution in [-0.4, -0.2) is 11.5 Å². The fraction of sp³-hybridized carbons (Fsp3) is 0.400. The summed E-state index contributed by atoms with van der Waals surface area (Å²) in [5.74, 6) is 0. The number of fused-ring (bicyclic) bond motifs is 1. The third kappa shape index (κ3) is 2.38. The number of aromatic nitrogens is 1. The average molecular weight is 273 g/mol. The molecular formula is C15H19N3S. The molecule has 2 N–H and O–H groups in total. The highest BCUT2D eigenvalue weighted by Gasteiger charge is 2.21. The number of thiazole rings is 1. The quantitative estimate of drug-likeness (QED) is 0.909. The first kappa shape index (κ1) is 12.6. The molecule has 2 aromatic rings. The van der Waals surface area contributed by atoms with Crippen LogP contribution in [0.15, 0.2) is 24.4 Å². The lowest BCUT2D eigenvalue weighted by atomic mass is 10.0. The Labute approximate surface area is 118 Å². The number of nitrogens with two attached hydrogens (primary N) is 1. The largest absolute Gasteiger partial charge is 0.323 e. The van der Waals surface area contributed by atoms with Gasteiger partial charge in [0, 0.05) is 29.3 Å². The van der Waals surface area contributed by atoms with Crippen molar-refractivity contribution in [3.8, 4) is 0 Å². The molecule has 0 fully saturated rings. The van der Waals surface area contributed by atoms with E-state index in [1.165, 1.54) is 29.7 Å². The summed E-state index contributed by atoms with van der Waals surface area (Å²) >= 11 is 1.71. The number of aryl methyl sites for hydroxylation is 2. The van der Waals surface area contributed by atoms with Gasteiger partial charge >= 0.3 is 0 Å². The van der Waals surface area contributed by atoms with Crippen molar-refractivity contribution >= 4 is 22.2 Å². The van der Waals surface area contributed by atoms with Crippen LogP contribution in [0.25, 0.3) is 0 Å². The maximum atomic E-state index is 5.92. The van der Waals surface area contributed by atoms with Crippen LogP contribution in [0, 0.1) is 6.92 Å².